The minimum absolute atomic E-state index is 0.0444. The zero-order chi connectivity index (χ0) is 14.7. The van der Waals surface area contributed by atoms with E-state index in [9.17, 15) is 4.79 Å². The summed E-state index contributed by atoms with van der Waals surface area (Å²) in [7, 11) is 0. The van der Waals surface area contributed by atoms with E-state index in [-0.39, 0.29) is 11.9 Å². The average Bonchev–Trinajstić information content (AvgIpc) is 2.96. The zero-order valence-corrected chi connectivity index (χ0v) is 12.0. The van der Waals surface area contributed by atoms with E-state index < -0.39 is 0 Å². The van der Waals surface area contributed by atoms with Crippen molar-refractivity contribution in [3.63, 3.8) is 0 Å². The number of halogens is 1. The van der Waals surface area contributed by atoms with E-state index in [2.05, 4.69) is 20.3 Å². The molecule has 1 saturated heterocycles. The van der Waals surface area contributed by atoms with E-state index in [1.807, 2.05) is 6.07 Å². The number of amides is 1. The number of rotatable bonds is 3. The number of carbonyl (C=O) groups is 1. The van der Waals surface area contributed by atoms with Gasteiger partial charge < -0.3 is 10.2 Å². The monoisotopic (exact) mass is 303 g/mol. The minimum Gasteiger partial charge on any atom is -0.364 e. The van der Waals surface area contributed by atoms with Crippen LogP contribution in [0.1, 0.15) is 16.9 Å². The number of anilines is 1. The van der Waals surface area contributed by atoms with E-state index >= 15 is 0 Å². The van der Waals surface area contributed by atoms with Gasteiger partial charge in [-0.05, 0) is 18.6 Å². The maximum absolute atomic E-state index is 12.3. The van der Waals surface area contributed by atoms with Crippen LogP contribution in [0, 0.1) is 0 Å². The first-order valence-corrected chi connectivity index (χ1v) is 7.04. The van der Waals surface area contributed by atoms with Crippen LogP contribution in [0.25, 0.3) is 0 Å². The summed E-state index contributed by atoms with van der Waals surface area (Å²) in [6.07, 6.45) is 5.58. The third-order valence-corrected chi connectivity index (χ3v) is 3.50. The number of pyridine rings is 1. The fourth-order valence-electron chi connectivity index (χ4n) is 2.33. The lowest BCUT2D eigenvalue weighted by Crippen LogP contribution is -2.32. The van der Waals surface area contributed by atoms with E-state index in [4.69, 9.17) is 11.6 Å². The van der Waals surface area contributed by atoms with Gasteiger partial charge in [0.25, 0.3) is 5.91 Å². The number of aromatic nitrogens is 3. The van der Waals surface area contributed by atoms with Gasteiger partial charge in [-0.3, -0.25) is 14.8 Å². The van der Waals surface area contributed by atoms with Gasteiger partial charge in [0.05, 0.1) is 12.4 Å². The van der Waals surface area contributed by atoms with Gasteiger partial charge in [0.1, 0.15) is 16.7 Å². The van der Waals surface area contributed by atoms with Crippen LogP contribution in [-0.4, -0.2) is 44.9 Å². The Hall–Kier alpha value is -2.21. The molecule has 3 heterocycles. The Morgan fingerprint density at radius 1 is 1.38 bits per heavy atom. The Morgan fingerprint density at radius 3 is 3.05 bits per heavy atom. The molecule has 1 aliphatic heterocycles. The van der Waals surface area contributed by atoms with Gasteiger partial charge in [0, 0.05) is 25.3 Å². The van der Waals surface area contributed by atoms with Crippen LogP contribution < -0.4 is 5.32 Å². The molecule has 108 valence electrons. The van der Waals surface area contributed by atoms with Crippen LogP contribution in [0.3, 0.4) is 0 Å². The van der Waals surface area contributed by atoms with Crippen molar-refractivity contribution in [1.29, 1.82) is 0 Å². The third-order valence-electron chi connectivity index (χ3n) is 3.32. The van der Waals surface area contributed by atoms with Gasteiger partial charge in [0.2, 0.25) is 0 Å². The first-order chi connectivity index (χ1) is 10.2. The van der Waals surface area contributed by atoms with Gasteiger partial charge in [-0.2, -0.15) is 0 Å². The highest BCUT2D eigenvalue weighted by molar-refractivity contribution is 6.29. The number of likely N-dealkylation sites (tertiary alicyclic amines) is 1. The van der Waals surface area contributed by atoms with Crippen molar-refractivity contribution >= 4 is 23.3 Å². The smallest absolute Gasteiger partial charge is 0.272 e. The van der Waals surface area contributed by atoms with Crippen molar-refractivity contribution in [1.82, 2.24) is 19.9 Å². The Balaban J connectivity index is 1.62. The molecule has 21 heavy (non-hydrogen) atoms. The molecule has 0 aromatic carbocycles. The number of hydrogen-bond donors (Lipinski definition) is 1. The molecule has 2 aromatic rings. The predicted octanol–water partition coefficient (Wildman–Crippen LogP) is 1.85. The van der Waals surface area contributed by atoms with Crippen LogP contribution in [0.5, 0.6) is 0 Å². The molecular weight excluding hydrogens is 290 g/mol. The summed E-state index contributed by atoms with van der Waals surface area (Å²) >= 11 is 5.80. The first kappa shape index (κ1) is 13.8. The summed E-state index contributed by atoms with van der Waals surface area (Å²) in [6.45, 7) is 1.31. The second-order valence-corrected chi connectivity index (χ2v) is 5.21. The predicted molar refractivity (Wildman–Crippen MR) is 79.2 cm³/mol. The van der Waals surface area contributed by atoms with Crippen molar-refractivity contribution in [2.45, 2.75) is 12.5 Å². The van der Waals surface area contributed by atoms with Crippen LogP contribution in [0.4, 0.5) is 5.82 Å². The van der Waals surface area contributed by atoms with E-state index in [1.54, 1.807) is 29.4 Å². The van der Waals surface area contributed by atoms with Gasteiger partial charge in [-0.25, -0.2) is 4.98 Å². The SMILES string of the molecule is O=C(c1ccccn1)N1CCC(Nc2cncc(Cl)n2)C1. The number of hydrogen-bond acceptors (Lipinski definition) is 5. The van der Waals surface area contributed by atoms with E-state index in [0.29, 0.717) is 29.8 Å². The molecular formula is C14H14ClN5O. The molecule has 1 N–H and O–H groups in total. The van der Waals surface area contributed by atoms with Gasteiger partial charge in [-0.1, -0.05) is 17.7 Å². The molecule has 1 fully saturated rings. The molecule has 0 bridgehead atoms. The molecule has 6 nitrogen and oxygen atoms in total. The quantitative estimate of drug-likeness (QED) is 0.937. The first-order valence-electron chi connectivity index (χ1n) is 6.67. The van der Waals surface area contributed by atoms with Crippen molar-refractivity contribution in [3.05, 3.63) is 47.6 Å². The highest BCUT2D eigenvalue weighted by atomic mass is 35.5. The van der Waals surface area contributed by atoms with E-state index in [1.165, 1.54) is 6.20 Å². The summed E-state index contributed by atoms with van der Waals surface area (Å²) in [5, 5.41) is 3.59. The molecule has 1 aliphatic rings. The summed E-state index contributed by atoms with van der Waals surface area (Å²) in [4.78, 5) is 26.3. The standard InChI is InChI=1S/C14H14ClN5O/c15-12-7-16-8-13(19-12)18-10-4-6-20(9-10)14(21)11-3-1-2-5-17-11/h1-3,5,7-8,10H,4,6,9H2,(H,18,19). The largest absolute Gasteiger partial charge is 0.364 e. The maximum Gasteiger partial charge on any atom is 0.272 e. The summed E-state index contributed by atoms with van der Waals surface area (Å²) in [5.74, 6) is 0.580. The second-order valence-electron chi connectivity index (χ2n) is 4.82. The molecule has 0 spiro atoms. The number of nitrogens with one attached hydrogen (secondary N) is 1. The minimum atomic E-state index is -0.0444. The Labute approximate surface area is 127 Å². The van der Waals surface area contributed by atoms with Crippen LogP contribution >= 0.6 is 11.6 Å². The fourth-order valence-corrected chi connectivity index (χ4v) is 2.48. The van der Waals surface area contributed by atoms with E-state index in [0.717, 1.165) is 6.42 Å². The summed E-state index contributed by atoms with van der Waals surface area (Å²) in [6, 6.07) is 5.48. The molecule has 3 rings (SSSR count). The van der Waals surface area contributed by atoms with Crippen LogP contribution in [0.15, 0.2) is 36.8 Å². The molecule has 1 unspecified atom stereocenters. The normalized spacial score (nSPS) is 17.8. The maximum atomic E-state index is 12.3. The van der Waals surface area contributed by atoms with Crippen molar-refractivity contribution < 1.29 is 4.79 Å². The molecule has 2 aromatic heterocycles. The Kier molecular flexibility index (Phi) is 3.96. The average molecular weight is 304 g/mol. The lowest BCUT2D eigenvalue weighted by Gasteiger charge is -2.16. The Morgan fingerprint density at radius 2 is 2.29 bits per heavy atom. The summed E-state index contributed by atoms with van der Waals surface area (Å²) in [5.41, 5.74) is 0.473. The molecule has 0 radical (unpaired) electrons. The second kappa shape index (κ2) is 6.05. The molecule has 0 aliphatic carbocycles. The molecule has 1 amide bonds. The molecule has 0 saturated carbocycles. The van der Waals surface area contributed by atoms with Crippen molar-refractivity contribution in [2.24, 2.45) is 0 Å². The topological polar surface area (TPSA) is 71.0 Å². The third kappa shape index (κ3) is 3.28. The highest BCUT2D eigenvalue weighted by Gasteiger charge is 2.27. The van der Waals surface area contributed by atoms with Gasteiger partial charge >= 0.3 is 0 Å². The van der Waals surface area contributed by atoms with Crippen LogP contribution in [-0.2, 0) is 0 Å². The van der Waals surface area contributed by atoms with Crippen molar-refractivity contribution in [3.8, 4) is 0 Å². The lowest BCUT2D eigenvalue weighted by molar-refractivity contribution is 0.0786. The Bertz CT molecular complexity index is 636. The molecule has 7 heteroatoms. The van der Waals surface area contributed by atoms with Gasteiger partial charge in [0.15, 0.2) is 0 Å². The zero-order valence-electron chi connectivity index (χ0n) is 11.2. The highest BCUT2D eigenvalue weighted by Crippen LogP contribution is 2.16. The van der Waals surface area contributed by atoms with Crippen LogP contribution in [0.2, 0.25) is 5.15 Å². The summed E-state index contributed by atoms with van der Waals surface area (Å²) < 4.78 is 0. The fraction of sp³-hybridized carbons (Fsp3) is 0.286. The van der Waals surface area contributed by atoms with Gasteiger partial charge in [-0.15, -0.1) is 0 Å². The number of nitrogens with zero attached hydrogens (tertiary/aromatic N) is 4. The number of carbonyl (C=O) groups excluding carboxylic acids is 1. The van der Waals surface area contributed by atoms with Crippen molar-refractivity contribution in [2.75, 3.05) is 18.4 Å². The lowest BCUT2D eigenvalue weighted by atomic mass is 10.2. The molecule has 1 atom stereocenters.